The van der Waals surface area contributed by atoms with Crippen LogP contribution in [0.5, 0.6) is 11.8 Å². The molecule has 2 aromatic carbocycles. The van der Waals surface area contributed by atoms with Crippen LogP contribution in [0.25, 0.3) is 5.69 Å². The zero-order valence-electron chi connectivity index (χ0n) is 11.6. The number of benzene rings is 2. The normalized spacial score (nSPS) is 10.6. The standard InChI is InChI=1S/C15H13BrN4O/c1-10-8-13(9-11(2)14(10)16)21-15-17-18-19-20(15)12-6-4-3-5-7-12/h3-9H,1-2H3. The summed E-state index contributed by atoms with van der Waals surface area (Å²) in [7, 11) is 0. The number of aryl methyl sites for hydroxylation is 2. The zero-order valence-corrected chi connectivity index (χ0v) is 13.2. The molecule has 0 saturated heterocycles. The Hall–Kier alpha value is -2.21. The Morgan fingerprint density at radius 2 is 1.71 bits per heavy atom. The van der Waals surface area contributed by atoms with Gasteiger partial charge in [0.1, 0.15) is 5.75 Å². The molecule has 0 aliphatic rings. The highest BCUT2D eigenvalue weighted by atomic mass is 79.9. The fourth-order valence-corrected chi connectivity index (χ4v) is 2.27. The molecule has 0 aliphatic carbocycles. The van der Waals surface area contributed by atoms with Gasteiger partial charge in [-0.15, -0.1) is 0 Å². The van der Waals surface area contributed by atoms with Gasteiger partial charge in [0.25, 0.3) is 0 Å². The number of aromatic nitrogens is 4. The molecule has 0 fully saturated rings. The number of hydrogen-bond acceptors (Lipinski definition) is 4. The van der Waals surface area contributed by atoms with Crippen molar-refractivity contribution < 1.29 is 4.74 Å². The quantitative estimate of drug-likeness (QED) is 0.724. The third-order valence-electron chi connectivity index (χ3n) is 3.06. The van der Waals surface area contributed by atoms with Gasteiger partial charge in [-0.25, -0.2) is 0 Å². The van der Waals surface area contributed by atoms with E-state index in [0.29, 0.717) is 11.8 Å². The molecule has 1 aromatic heterocycles. The minimum Gasteiger partial charge on any atom is -0.423 e. The van der Waals surface area contributed by atoms with Crippen molar-refractivity contribution in [3.8, 4) is 17.4 Å². The van der Waals surface area contributed by atoms with E-state index in [1.54, 1.807) is 4.68 Å². The van der Waals surface area contributed by atoms with Gasteiger partial charge in [-0.05, 0) is 59.7 Å². The Kier molecular flexibility index (Phi) is 3.70. The lowest BCUT2D eigenvalue weighted by Crippen LogP contribution is -2.00. The molecule has 6 heteroatoms. The van der Waals surface area contributed by atoms with Crippen molar-refractivity contribution in [2.24, 2.45) is 0 Å². The third kappa shape index (κ3) is 2.80. The van der Waals surface area contributed by atoms with Gasteiger partial charge in [0, 0.05) is 4.47 Å². The molecule has 3 rings (SSSR count). The first-order valence-corrected chi connectivity index (χ1v) is 7.23. The van der Waals surface area contributed by atoms with Crippen LogP contribution >= 0.6 is 15.9 Å². The Morgan fingerprint density at radius 1 is 1.05 bits per heavy atom. The summed E-state index contributed by atoms with van der Waals surface area (Å²) in [4.78, 5) is 0. The summed E-state index contributed by atoms with van der Waals surface area (Å²) in [6.45, 7) is 4.04. The highest BCUT2D eigenvalue weighted by Crippen LogP contribution is 2.29. The van der Waals surface area contributed by atoms with Gasteiger partial charge >= 0.3 is 6.01 Å². The van der Waals surface area contributed by atoms with Crippen molar-refractivity contribution in [1.29, 1.82) is 0 Å². The largest absolute Gasteiger partial charge is 0.423 e. The number of tetrazole rings is 1. The lowest BCUT2D eigenvalue weighted by molar-refractivity contribution is 0.426. The van der Waals surface area contributed by atoms with Crippen LogP contribution in [0, 0.1) is 13.8 Å². The molecule has 1 heterocycles. The molecular formula is C15H13BrN4O. The fraction of sp³-hybridized carbons (Fsp3) is 0.133. The topological polar surface area (TPSA) is 52.8 Å². The molecule has 0 atom stereocenters. The summed E-state index contributed by atoms with van der Waals surface area (Å²) in [5.41, 5.74) is 3.05. The van der Waals surface area contributed by atoms with E-state index in [0.717, 1.165) is 21.3 Å². The number of nitrogens with zero attached hydrogens (tertiary/aromatic N) is 4. The lowest BCUT2D eigenvalue weighted by Gasteiger charge is -2.09. The molecular weight excluding hydrogens is 332 g/mol. The van der Waals surface area contributed by atoms with Crippen LogP contribution in [0.2, 0.25) is 0 Å². The average Bonchev–Trinajstić information content (AvgIpc) is 2.94. The van der Waals surface area contributed by atoms with E-state index in [1.807, 2.05) is 56.3 Å². The second-order valence-corrected chi connectivity index (χ2v) is 5.47. The predicted molar refractivity (Wildman–Crippen MR) is 82.8 cm³/mol. The fourth-order valence-electron chi connectivity index (χ4n) is 2.04. The van der Waals surface area contributed by atoms with E-state index in [1.165, 1.54) is 0 Å². The van der Waals surface area contributed by atoms with Crippen molar-refractivity contribution >= 4 is 15.9 Å². The summed E-state index contributed by atoms with van der Waals surface area (Å²) in [6.07, 6.45) is 0. The van der Waals surface area contributed by atoms with Crippen LogP contribution < -0.4 is 4.74 Å². The van der Waals surface area contributed by atoms with Crippen LogP contribution in [-0.4, -0.2) is 20.2 Å². The number of para-hydroxylation sites is 1. The second-order valence-electron chi connectivity index (χ2n) is 4.68. The second kappa shape index (κ2) is 5.65. The van der Waals surface area contributed by atoms with Crippen LogP contribution in [0.15, 0.2) is 46.9 Å². The highest BCUT2D eigenvalue weighted by Gasteiger charge is 2.11. The monoisotopic (exact) mass is 344 g/mol. The van der Waals surface area contributed by atoms with E-state index >= 15 is 0 Å². The molecule has 0 aliphatic heterocycles. The van der Waals surface area contributed by atoms with Crippen molar-refractivity contribution in [3.05, 3.63) is 58.1 Å². The lowest BCUT2D eigenvalue weighted by atomic mass is 10.1. The first kappa shape index (κ1) is 13.8. The Morgan fingerprint density at radius 3 is 2.38 bits per heavy atom. The zero-order chi connectivity index (χ0) is 14.8. The number of ether oxygens (including phenoxy) is 1. The number of rotatable bonds is 3. The Labute approximate surface area is 130 Å². The maximum absolute atomic E-state index is 5.83. The molecule has 0 N–H and O–H groups in total. The minimum atomic E-state index is 0.335. The minimum absolute atomic E-state index is 0.335. The molecule has 0 radical (unpaired) electrons. The number of hydrogen-bond donors (Lipinski definition) is 0. The van der Waals surface area contributed by atoms with Crippen LogP contribution in [0.1, 0.15) is 11.1 Å². The van der Waals surface area contributed by atoms with Gasteiger partial charge in [-0.2, -0.15) is 4.68 Å². The molecule has 0 bridgehead atoms. The van der Waals surface area contributed by atoms with Crippen molar-refractivity contribution in [1.82, 2.24) is 20.2 Å². The molecule has 0 saturated carbocycles. The van der Waals surface area contributed by atoms with E-state index in [9.17, 15) is 0 Å². The van der Waals surface area contributed by atoms with E-state index < -0.39 is 0 Å². The van der Waals surface area contributed by atoms with E-state index in [-0.39, 0.29) is 0 Å². The van der Waals surface area contributed by atoms with Crippen molar-refractivity contribution in [3.63, 3.8) is 0 Å². The van der Waals surface area contributed by atoms with Crippen LogP contribution in [0.4, 0.5) is 0 Å². The molecule has 3 aromatic rings. The highest BCUT2D eigenvalue weighted by molar-refractivity contribution is 9.10. The van der Waals surface area contributed by atoms with Gasteiger partial charge in [0.05, 0.1) is 5.69 Å². The van der Waals surface area contributed by atoms with Crippen molar-refractivity contribution in [2.75, 3.05) is 0 Å². The first-order chi connectivity index (χ1) is 10.1. The van der Waals surface area contributed by atoms with Crippen LogP contribution in [0.3, 0.4) is 0 Å². The summed E-state index contributed by atoms with van der Waals surface area (Å²) in [5.74, 6) is 0.709. The number of halogens is 1. The first-order valence-electron chi connectivity index (χ1n) is 6.43. The molecule has 21 heavy (non-hydrogen) atoms. The van der Waals surface area contributed by atoms with Gasteiger partial charge in [-0.3, -0.25) is 0 Å². The van der Waals surface area contributed by atoms with Gasteiger partial charge in [0.15, 0.2) is 0 Å². The van der Waals surface area contributed by atoms with Gasteiger partial charge in [0.2, 0.25) is 0 Å². The Balaban J connectivity index is 1.95. The molecule has 106 valence electrons. The predicted octanol–water partition coefficient (Wildman–Crippen LogP) is 3.83. The maximum atomic E-state index is 5.83. The maximum Gasteiger partial charge on any atom is 0.345 e. The molecule has 0 spiro atoms. The van der Waals surface area contributed by atoms with Gasteiger partial charge < -0.3 is 4.74 Å². The Bertz CT molecular complexity index is 747. The third-order valence-corrected chi connectivity index (χ3v) is 4.31. The SMILES string of the molecule is Cc1cc(Oc2nnnn2-c2ccccc2)cc(C)c1Br. The summed E-state index contributed by atoms with van der Waals surface area (Å²) in [5, 5.41) is 11.6. The molecule has 5 nitrogen and oxygen atoms in total. The van der Waals surface area contributed by atoms with Crippen LogP contribution in [-0.2, 0) is 0 Å². The van der Waals surface area contributed by atoms with E-state index in [2.05, 4.69) is 31.5 Å². The van der Waals surface area contributed by atoms with Crippen molar-refractivity contribution in [2.45, 2.75) is 13.8 Å². The molecule has 0 amide bonds. The van der Waals surface area contributed by atoms with Gasteiger partial charge in [-0.1, -0.05) is 39.2 Å². The summed E-state index contributed by atoms with van der Waals surface area (Å²) in [6, 6.07) is 13.9. The summed E-state index contributed by atoms with van der Waals surface area (Å²) < 4.78 is 8.47. The average molecular weight is 345 g/mol. The smallest absolute Gasteiger partial charge is 0.345 e. The summed E-state index contributed by atoms with van der Waals surface area (Å²) >= 11 is 3.54. The van der Waals surface area contributed by atoms with E-state index in [4.69, 9.17) is 4.74 Å². The molecule has 0 unspecified atom stereocenters.